The molecule has 0 radical (unpaired) electrons. The van der Waals surface area contributed by atoms with E-state index < -0.39 is 0 Å². The van der Waals surface area contributed by atoms with Gasteiger partial charge in [0.1, 0.15) is 0 Å². The van der Waals surface area contributed by atoms with Gasteiger partial charge < -0.3 is 5.32 Å². The molecule has 2 rings (SSSR count). The number of benzene rings is 1. The molecule has 1 aromatic heterocycles. The number of halogens is 1. The number of anilines is 1. The highest BCUT2D eigenvalue weighted by molar-refractivity contribution is 9.10. The molecule has 84 valence electrons. The maximum absolute atomic E-state index is 4.15. The minimum absolute atomic E-state index is 0.806. The lowest BCUT2D eigenvalue weighted by Gasteiger charge is -2.06. The molecule has 0 amide bonds. The summed E-state index contributed by atoms with van der Waals surface area (Å²) in [5, 5.41) is 10.5. The van der Waals surface area contributed by atoms with Crippen LogP contribution in [0.1, 0.15) is 17.0 Å². The molecule has 0 fully saturated rings. The average molecular weight is 280 g/mol. The summed E-state index contributed by atoms with van der Waals surface area (Å²) in [6.07, 6.45) is 0. The van der Waals surface area contributed by atoms with Crippen molar-refractivity contribution >= 4 is 21.6 Å². The van der Waals surface area contributed by atoms with Gasteiger partial charge in [0.15, 0.2) is 0 Å². The molecular weight excluding hydrogens is 266 g/mol. The Morgan fingerprint density at radius 3 is 2.81 bits per heavy atom. The van der Waals surface area contributed by atoms with Crippen molar-refractivity contribution < 1.29 is 0 Å². The molecule has 0 aliphatic carbocycles. The Hall–Kier alpha value is -1.29. The van der Waals surface area contributed by atoms with Gasteiger partial charge in [-0.2, -0.15) is 5.10 Å². The zero-order valence-corrected chi connectivity index (χ0v) is 10.9. The van der Waals surface area contributed by atoms with Gasteiger partial charge in [0.2, 0.25) is 0 Å². The van der Waals surface area contributed by atoms with Crippen LogP contribution in [0.5, 0.6) is 0 Å². The van der Waals surface area contributed by atoms with Crippen molar-refractivity contribution in [2.45, 2.75) is 20.4 Å². The minimum atomic E-state index is 0.806. The summed E-state index contributed by atoms with van der Waals surface area (Å²) < 4.78 is 1.10. The number of aromatic amines is 1. The molecule has 0 spiro atoms. The summed E-state index contributed by atoms with van der Waals surface area (Å²) in [5.41, 5.74) is 4.43. The van der Waals surface area contributed by atoms with Crippen molar-refractivity contribution in [3.05, 3.63) is 45.7 Å². The van der Waals surface area contributed by atoms with Crippen LogP contribution in [0, 0.1) is 13.8 Å². The van der Waals surface area contributed by atoms with Crippen molar-refractivity contribution in [3.8, 4) is 0 Å². The van der Waals surface area contributed by atoms with Gasteiger partial charge in [0, 0.05) is 11.0 Å². The largest absolute Gasteiger partial charge is 0.378 e. The van der Waals surface area contributed by atoms with Crippen LogP contribution in [0.2, 0.25) is 0 Å². The Morgan fingerprint density at radius 1 is 1.38 bits per heavy atom. The summed E-state index contributed by atoms with van der Waals surface area (Å²) >= 11 is 3.46. The summed E-state index contributed by atoms with van der Waals surface area (Å²) in [6.45, 7) is 4.82. The maximum Gasteiger partial charge on any atom is 0.0825 e. The van der Waals surface area contributed by atoms with Gasteiger partial charge in [-0.15, -0.1) is 0 Å². The van der Waals surface area contributed by atoms with Crippen LogP contribution in [0.25, 0.3) is 0 Å². The molecule has 0 aliphatic rings. The van der Waals surface area contributed by atoms with E-state index in [1.54, 1.807) is 0 Å². The summed E-state index contributed by atoms with van der Waals surface area (Å²) in [6, 6.07) is 8.27. The first-order valence-corrected chi connectivity index (χ1v) is 5.96. The fraction of sp³-hybridized carbons (Fsp3) is 0.250. The number of nitrogens with one attached hydrogen (secondary N) is 2. The van der Waals surface area contributed by atoms with Crippen LogP contribution in [0.3, 0.4) is 0 Å². The summed E-state index contributed by atoms with van der Waals surface area (Å²) in [5.74, 6) is 0. The van der Waals surface area contributed by atoms with Crippen molar-refractivity contribution in [2.75, 3.05) is 5.32 Å². The third-order valence-electron chi connectivity index (χ3n) is 2.49. The molecule has 0 atom stereocenters. The number of nitrogens with zero attached hydrogens (tertiary/aromatic N) is 1. The topological polar surface area (TPSA) is 40.7 Å². The Labute approximate surface area is 103 Å². The summed E-state index contributed by atoms with van der Waals surface area (Å²) in [7, 11) is 0. The Morgan fingerprint density at radius 2 is 2.19 bits per heavy atom. The fourth-order valence-corrected chi connectivity index (χ4v) is 2.10. The number of H-pyrrole nitrogens is 1. The van der Waals surface area contributed by atoms with Gasteiger partial charge in [0.05, 0.1) is 17.1 Å². The molecule has 0 unspecified atom stereocenters. The lowest BCUT2D eigenvalue weighted by atomic mass is 10.2. The van der Waals surface area contributed by atoms with E-state index in [-0.39, 0.29) is 0 Å². The monoisotopic (exact) mass is 279 g/mol. The van der Waals surface area contributed by atoms with Crippen molar-refractivity contribution in [1.82, 2.24) is 10.2 Å². The zero-order valence-electron chi connectivity index (χ0n) is 9.34. The molecule has 3 nitrogen and oxygen atoms in total. The molecule has 0 saturated carbocycles. The Balaban J connectivity index is 2.08. The van der Waals surface area contributed by atoms with E-state index in [1.807, 2.05) is 26.0 Å². The highest BCUT2D eigenvalue weighted by atomic mass is 79.9. The zero-order chi connectivity index (χ0) is 11.5. The van der Waals surface area contributed by atoms with Crippen LogP contribution in [-0.4, -0.2) is 10.2 Å². The quantitative estimate of drug-likeness (QED) is 0.904. The molecular formula is C12H14BrN3. The average Bonchev–Trinajstić information content (AvgIpc) is 2.56. The fourth-order valence-electron chi connectivity index (χ4n) is 1.65. The van der Waals surface area contributed by atoms with E-state index >= 15 is 0 Å². The minimum Gasteiger partial charge on any atom is -0.378 e. The normalized spacial score (nSPS) is 10.4. The first-order valence-electron chi connectivity index (χ1n) is 5.16. The second-order valence-electron chi connectivity index (χ2n) is 3.79. The second kappa shape index (κ2) is 4.70. The number of aryl methyl sites for hydroxylation is 2. The van der Waals surface area contributed by atoms with Crippen molar-refractivity contribution in [3.63, 3.8) is 0 Å². The predicted octanol–water partition coefficient (Wildman–Crippen LogP) is 3.40. The molecule has 0 aliphatic heterocycles. The molecule has 0 bridgehead atoms. The van der Waals surface area contributed by atoms with Gasteiger partial charge in [0.25, 0.3) is 0 Å². The van der Waals surface area contributed by atoms with E-state index in [4.69, 9.17) is 0 Å². The predicted molar refractivity (Wildman–Crippen MR) is 69.5 cm³/mol. The Bertz CT molecular complexity index is 471. The third kappa shape index (κ3) is 2.44. The van der Waals surface area contributed by atoms with Crippen LogP contribution in [0.15, 0.2) is 28.7 Å². The van der Waals surface area contributed by atoms with Crippen LogP contribution >= 0.6 is 15.9 Å². The number of rotatable bonds is 3. The second-order valence-corrected chi connectivity index (χ2v) is 4.71. The van der Waals surface area contributed by atoms with E-state index in [1.165, 1.54) is 5.56 Å². The van der Waals surface area contributed by atoms with Crippen LogP contribution in [0.4, 0.5) is 5.69 Å². The number of hydrogen-bond donors (Lipinski definition) is 2. The molecule has 2 N–H and O–H groups in total. The molecule has 0 saturated heterocycles. The van der Waals surface area contributed by atoms with E-state index in [9.17, 15) is 0 Å². The standard InChI is InChI=1S/C12H14BrN3/c1-8-12(9(2)16-15-8)14-7-10-4-3-5-11(13)6-10/h3-6,14H,7H2,1-2H3,(H,15,16). The molecule has 1 heterocycles. The SMILES string of the molecule is Cc1n[nH]c(C)c1NCc1cccc(Br)c1. The van der Waals surface area contributed by atoms with Gasteiger partial charge >= 0.3 is 0 Å². The lowest BCUT2D eigenvalue weighted by molar-refractivity contribution is 1.02. The maximum atomic E-state index is 4.15. The first-order chi connectivity index (χ1) is 7.66. The van der Waals surface area contributed by atoms with Crippen LogP contribution in [-0.2, 0) is 6.54 Å². The van der Waals surface area contributed by atoms with Crippen LogP contribution < -0.4 is 5.32 Å². The smallest absolute Gasteiger partial charge is 0.0825 e. The lowest BCUT2D eigenvalue weighted by Crippen LogP contribution is -2.00. The highest BCUT2D eigenvalue weighted by Gasteiger charge is 2.04. The third-order valence-corrected chi connectivity index (χ3v) is 2.98. The Kier molecular flexibility index (Phi) is 3.29. The van der Waals surface area contributed by atoms with E-state index in [2.05, 4.69) is 43.6 Å². The molecule has 4 heteroatoms. The highest BCUT2D eigenvalue weighted by Crippen LogP contribution is 2.18. The van der Waals surface area contributed by atoms with E-state index in [0.717, 1.165) is 28.1 Å². The van der Waals surface area contributed by atoms with Gasteiger partial charge in [-0.25, -0.2) is 0 Å². The molecule has 2 aromatic rings. The molecule has 1 aromatic carbocycles. The molecule has 16 heavy (non-hydrogen) atoms. The summed E-state index contributed by atoms with van der Waals surface area (Å²) in [4.78, 5) is 0. The number of aromatic nitrogens is 2. The van der Waals surface area contributed by atoms with Crippen molar-refractivity contribution in [1.29, 1.82) is 0 Å². The van der Waals surface area contributed by atoms with Crippen molar-refractivity contribution in [2.24, 2.45) is 0 Å². The number of hydrogen-bond acceptors (Lipinski definition) is 2. The first kappa shape index (κ1) is 11.2. The van der Waals surface area contributed by atoms with Gasteiger partial charge in [-0.1, -0.05) is 28.1 Å². The van der Waals surface area contributed by atoms with Gasteiger partial charge in [-0.05, 0) is 31.5 Å². The van der Waals surface area contributed by atoms with Gasteiger partial charge in [-0.3, -0.25) is 5.10 Å². The van der Waals surface area contributed by atoms with E-state index in [0.29, 0.717) is 0 Å².